The van der Waals surface area contributed by atoms with E-state index >= 15 is 0 Å². The van der Waals surface area contributed by atoms with Gasteiger partial charge in [-0.25, -0.2) is 0 Å². The van der Waals surface area contributed by atoms with Gasteiger partial charge < -0.3 is 4.90 Å². The number of hydrogen-bond donors (Lipinski definition) is 0. The molecule has 2 rings (SSSR count). The first kappa shape index (κ1) is 12.4. The summed E-state index contributed by atoms with van der Waals surface area (Å²) >= 11 is 3.42. The molecule has 0 unspecified atom stereocenters. The molecule has 1 saturated heterocycles. The number of halogens is 1. The summed E-state index contributed by atoms with van der Waals surface area (Å²) in [6.07, 6.45) is 2.45. The third kappa shape index (κ3) is 2.77. The first-order chi connectivity index (χ1) is 8.08. The second-order valence-corrected chi connectivity index (χ2v) is 5.44. The van der Waals surface area contributed by atoms with Gasteiger partial charge in [0.2, 0.25) is 0 Å². The Bertz CT molecular complexity index is 437. The highest BCUT2D eigenvalue weighted by Gasteiger charge is 2.19. The SMILES string of the molecule is C[C@@H]1CCCN(c2ccc([N+](=O)[O-])cc2Br)C1. The van der Waals surface area contributed by atoms with Crippen molar-refractivity contribution in [3.63, 3.8) is 0 Å². The van der Waals surface area contributed by atoms with Crippen molar-refractivity contribution < 1.29 is 4.92 Å². The van der Waals surface area contributed by atoms with Crippen LogP contribution >= 0.6 is 15.9 Å². The van der Waals surface area contributed by atoms with Gasteiger partial charge >= 0.3 is 0 Å². The zero-order chi connectivity index (χ0) is 12.4. The fraction of sp³-hybridized carbons (Fsp3) is 0.500. The predicted molar refractivity (Wildman–Crippen MR) is 71.4 cm³/mol. The molecule has 0 aliphatic carbocycles. The molecule has 0 bridgehead atoms. The van der Waals surface area contributed by atoms with Gasteiger partial charge in [0.25, 0.3) is 5.69 Å². The monoisotopic (exact) mass is 298 g/mol. The van der Waals surface area contributed by atoms with Gasteiger partial charge in [0.15, 0.2) is 0 Å². The Morgan fingerprint density at radius 3 is 2.88 bits per heavy atom. The molecule has 1 fully saturated rings. The van der Waals surface area contributed by atoms with E-state index in [4.69, 9.17) is 0 Å². The quantitative estimate of drug-likeness (QED) is 0.619. The van der Waals surface area contributed by atoms with E-state index in [9.17, 15) is 10.1 Å². The van der Waals surface area contributed by atoms with Crippen LogP contribution < -0.4 is 4.90 Å². The van der Waals surface area contributed by atoms with Gasteiger partial charge in [-0.1, -0.05) is 6.92 Å². The van der Waals surface area contributed by atoms with Crippen molar-refractivity contribution >= 4 is 27.3 Å². The van der Waals surface area contributed by atoms with Gasteiger partial charge in [-0.15, -0.1) is 0 Å². The minimum absolute atomic E-state index is 0.130. The zero-order valence-electron chi connectivity index (χ0n) is 9.73. The Hall–Kier alpha value is -1.10. The van der Waals surface area contributed by atoms with Crippen molar-refractivity contribution in [1.82, 2.24) is 0 Å². The summed E-state index contributed by atoms with van der Waals surface area (Å²) in [5.41, 5.74) is 1.19. The lowest BCUT2D eigenvalue weighted by Gasteiger charge is -2.33. The largest absolute Gasteiger partial charge is 0.370 e. The highest BCUT2D eigenvalue weighted by molar-refractivity contribution is 9.10. The van der Waals surface area contributed by atoms with Crippen molar-refractivity contribution in [3.05, 3.63) is 32.8 Å². The maximum Gasteiger partial charge on any atom is 0.270 e. The molecule has 0 radical (unpaired) electrons. The zero-order valence-corrected chi connectivity index (χ0v) is 11.3. The number of nitro benzene ring substituents is 1. The van der Waals surface area contributed by atoms with Gasteiger partial charge in [-0.05, 0) is 40.8 Å². The molecule has 0 saturated carbocycles. The maximum atomic E-state index is 10.7. The molecule has 4 nitrogen and oxygen atoms in total. The van der Waals surface area contributed by atoms with E-state index in [-0.39, 0.29) is 10.6 Å². The molecular formula is C12H15BrN2O2. The molecule has 0 amide bonds. The number of anilines is 1. The highest BCUT2D eigenvalue weighted by atomic mass is 79.9. The van der Waals surface area contributed by atoms with Gasteiger partial charge in [-0.2, -0.15) is 0 Å². The minimum Gasteiger partial charge on any atom is -0.370 e. The highest BCUT2D eigenvalue weighted by Crippen LogP contribution is 2.32. The lowest BCUT2D eigenvalue weighted by Crippen LogP contribution is -2.34. The van der Waals surface area contributed by atoms with E-state index in [0.29, 0.717) is 5.92 Å². The summed E-state index contributed by atoms with van der Waals surface area (Å²) in [5.74, 6) is 0.686. The van der Waals surface area contributed by atoms with Gasteiger partial charge in [0.1, 0.15) is 0 Å². The van der Waals surface area contributed by atoms with Crippen LogP contribution in [-0.2, 0) is 0 Å². The van der Waals surface area contributed by atoms with Gasteiger partial charge in [0.05, 0.1) is 10.6 Å². The van der Waals surface area contributed by atoms with E-state index in [2.05, 4.69) is 27.8 Å². The van der Waals surface area contributed by atoms with Crippen LogP contribution in [-0.4, -0.2) is 18.0 Å². The first-order valence-electron chi connectivity index (χ1n) is 5.77. The Balaban J connectivity index is 2.23. The van der Waals surface area contributed by atoms with Crippen LogP contribution in [0.4, 0.5) is 11.4 Å². The third-order valence-corrected chi connectivity index (χ3v) is 3.77. The molecule has 1 aliphatic heterocycles. The smallest absolute Gasteiger partial charge is 0.270 e. The summed E-state index contributed by atoms with van der Waals surface area (Å²) in [6, 6.07) is 4.98. The van der Waals surface area contributed by atoms with Crippen LogP contribution in [0.5, 0.6) is 0 Å². The van der Waals surface area contributed by atoms with E-state index in [1.165, 1.54) is 12.8 Å². The third-order valence-electron chi connectivity index (χ3n) is 3.14. The molecule has 1 aromatic carbocycles. The van der Waals surface area contributed by atoms with E-state index < -0.39 is 0 Å². The molecule has 1 heterocycles. The molecule has 92 valence electrons. The normalized spacial score (nSPS) is 20.4. The number of benzene rings is 1. The average Bonchev–Trinajstić information content (AvgIpc) is 2.28. The molecule has 1 aromatic rings. The van der Waals surface area contributed by atoms with Crippen molar-refractivity contribution in [2.75, 3.05) is 18.0 Å². The second kappa shape index (κ2) is 5.04. The number of piperidine rings is 1. The molecular weight excluding hydrogens is 284 g/mol. The number of nitrogens with zero attached hydrogens (tertiary/aromatic N) is 2. The fourth-order valence-corrected chi connectivity index (χ4v) is 2.89. The molecule has 17 heavy (non-hydrogen) atoms. The van der Waals surface area contributed by atoms with Crippen molar-refractivity contribution in [1.29, 1.82) is 0 Å². The Labute approximate surface area is 109 Å². The summed E-state index contributed by atoms with van der Waals surface area (Å²) in [5, 5.41) is 10.7. The van der Waals surface area contributed by atoms with E-state index in [1.54, 1.807) is 12.1 Å². The molecule has 0 N–H and O–H groups in total. The lowest BCUT2D eigenvalue weighted by molar-refractivity contribution is -0.384. The molecule has 5 heteroatoms. The fourth-order valence-electron chi connectivity index (χ4n) is 2.27. The molecule has 0 aromatic heterocycles. The summed E-state index contributed by atoms with van der Waals surface area (Å²) in [7, 11) is 0. The summed E-state index contributed by atoms with van der Waals surface area (Å²) < 4.78 is 0.806. The standard InChI is InChI=1S/C12H15BrN2O2/c1-9-3-2-6-14(8-9)12-5-4-10(15(16)17)7-11(12)13/h4-5,7,9H,2-3,6,8H2,1H3/t9-/m1/s1. The van der Waals surface area contributed by atoms with Crippen molar-refractivity contribution in [2.45, 2.75) is 19.8 Å². The van der Waals surface area contributed by atoms with Crippen LogP contribution in [0, 0.1) is 16.0 Å². The second-order valence-electron chi connectivity index (χ2n) is 4.59. The predicted octanol–water partition coefficient (Wildman–Crippen LogP) is 3.59. The first-order valence-corrected chi connectivity index (χ1v) is 6.56. The van der Waals surface area contributed by atoms with Crippen LogP contribution in [0.2, 0.25) is 0 Å². The Morgan fingerprint density at radius 2 is 2.29 bits per heavy atom. The van der Waals surface area contributed by atoms with E-state index in [0.717, 1.165) is 23.2 Å². The Morgan fingerprint density at radius 1 is 1.53 bits per heavy atom. The maximum absolute atomic E-state index is 10.7. The topological polar surface area (TPSA) is 46.4 Å². The molecule has 1 aliphatic rings. The van der Waals surface area contributed by atoms with Crippen molar-refractivity contribution in [3.8, 4) is 0 Å². The number of nitro groups is 1. The number of non-ortho nitro benzene ring substituents is 1. The van der Waals surface area contributed by atoms with Crippen LogP contribution in [0.3, 0.4) is 0 Å². The summed E-state index contributed by atoms with van der Waals surface area (Å²) in [4.78, 5) is 12.6. The van der Waals surface area contributed by atoms with Gasteiger partial charge in [0, 0.05) is 29.7 Å². The Kier molecular flexibility index (Phi) is 3.66. The van der Waals surface area contributed by atoms with E-state index in [1.807, 2.05) is 6.07 Å². The number of hydrogen-bond acceptors (Lipinski definition) is 3. The molecule has 0 spiro atoms. The number of rotatable bonds is 2. The summed E-state index contributed by atoms with van der Waals surface area (Å²) in [6.45, 7) is 4.29. The van der Waals surface area contributed by atoms with Crippen LogP contribution in [0.25, 0.3) is 0 Å². The minimum atomic E-state index is -0.368. The van der Waals surface area contributed by atoms with Crippen LogP contribution in [0.1, 0.15) is 19.8 Å². The van der Waals surface area contributed by atoms with Crippen molar-refractivity contribution in [2.24, 2.45) is 5.92 Å². The molecule has 1 atom stereocenters. The average molecular weight is 299 g/mol. The van der Waals surface area contributed by atoms with Gasteiger partial charge in [-0.3, -0.25) is 10.1 Å². The lowest BCUT2D eigenvalue weighted by atomic mass is 10.00. The van der Waals surface area contributed by atoms with Crippen LogP contribution in [0.15, 0.2) is 22.7 Å².